The summed E-state index contributed by atoms with van der Waals surface area (Å²) < 4.78 is 4.90. The van der Waals surface area contributed by atoms with Crippen molar-refractivity contribution < 1.29 is 19.4 Å². The number of nitrogens with zero attached hydrogens (tertiary/aromatic N) is 1. The first-order valence-electron chi connectivity index (χ1n) is 8.23. The molecule has 2 aliphatic heterocycles. The molecule has 2 amide bonds. The van der Waals surface area contributed by atoms with Crippen LogP contribution in [0.3, 0.4) is 0 Å². The first kappa shape index (κ1) is 17.4. The number of carbonyl (C=O) groups is 2. The highest BCUT2D eigenvalue weighted by molar-refractivity contribution is 7.99. The number of cyclic esters (lactones) is 1. The molecule has 1 fully saturated rings. The number of carbonyl (C=O) groups excluding carboxylic acids is 2. The van der Waals surface area contributed by atoms with E-state index in [9.17, 15) is 14.7 Å². The smallest absolute Gasteiger partial charge is 0.416 e. The number of aliphatic hydroxyl groups is 1. The van der Waals surface area contributed by atoms with E-state index < -0.39 is 24.0 Å². The maximum absolute atomic E-state index is 13.1. The Morgan fingerprint density at radius 2 is 1.92 bits per heavy atom. The van der Waals surface area contributed by atoms with Crippen molar-refractivity contribution in [2.45, 2.75) is 16.2 Å². The number of ether oxygens (including phenoxy) is 1. The molecule has 4 rings (SSSR count). The zero-order chi connectivity index (χ0) is 18.3. The fourth-order valence-electron chi connectivity index (χ4n) is 3.37. The molecule has 26 heavy (non-hydrogen) atoms. The lowest BCUT2D eigenvalue weighted by Crippen LogP contribution is -2.42. The summed E-state index contributed by atoms with van der Waals surface area (Å²) in [6, 6.07) is 14.7. The van der Waals surface area contributed by atoms with E-state index >= 15 is 0 Å². The maximum atomic E-state index is 13.1. The Morgan fingerprint density at radius 1 is 1.19 bits per heavy atom. The molecule has 0 aromatic heterocycles. The number of hydrogen-bond donors (Lipinski definition) is 1. The number of hydrogen-bond acceptors (Lipinski definition) is 5. The van der Waals surface area contributed by atoms with Crippen LogP contribution in [0.15, 0.2) is 53.4 Å². The predicted molar refractivity (Wildman–Crippen MR) is 98.0 cm³/mol. The Balaban J connectivity index is 1.77. The van der Waals surface area contributed by atoms with Gasteiger partial charge < -0.3 is 9.84 Å². The quantitative estimate of drug-likeness (QED) is 0.845. The minimum Gasteiger partial charge on any atom is -0.447 e. The van der Waals surface area contributed by atoms with Crippen LogP contribution in [0.4, 0.5) is 4.79 Å². The highest BCUT2D eigenvalue weighted by Gasteiger charge is 2.46. The van der Waals surface area contributed by atoms with Gasteiger partial charge in [0.2, 0.25) is 5.91 Å². The van der Waals surface area contributed by atoms with Gasteiger partial charge in [0, 0.05) is 15.2 Å². The lowest BCUT2D eigenvalue weighted by Gasteiger charge is -2.36. The molecule has 3 atom stereocenters. The van der Waals surface area contributed by atoms with E-state index in [1.54, 1.807) is 12.1 Å². The van der Waals surface area contributed by atoms with Crippen molar-refractivity contribution >= 4 is 35.4 Å². The van der Waals surface area contributed by atoms with Crippen molar-refractivity contribution in [3.63, 3.8) is 0 Å². The van der Waals surface area contributed by atoms with Gasteiger partial charge >= 0.3 is 6.09 Å². The normalized spacial score (nSPS) is 24.9. The standard InChI is InChI=1S/C19H16ClNO4S/c20-12-7-5-11(6-8-12)17-15(18(23)21-9-10-25-19(21)24)16(22)13-3-1-2-4-14(13)26-17/h1-8,15-17,22H,9-10H2/t15-,16+,17+/m1/s1. The van der Waals surface area contributed by atoms with Gasteiger partial charge in [-0.2, -0.15) is 0 Å². The van der Waals surface area contributed by atoms with Crippen LogP contribution < -0.4 is 0 Å². The Morgan fingerprint density at radius 3 is 2.62 bits per heavy atom. The number of benzene rings is 2. The number of aliphatic hydroxyl groups excluding tert-OH is 1. The van der Waals surface area contributed by atoms with Crippen LogP contribution >= 0.6 is 23.4 Å². The van der Waals surface area contributed by atoms with E-state index in [1.807, 2.05) is 36.4 Å². The molecule has 0 saturated carbocycles. The van der Waals surface area contributed by atoms with E-state index in [2.05, 4.69) is 0 Å². The summed E-state index contributed by atoms with van der Waals surface area (Å²) in [6.07, 6.45) is -1.66. The zero-order valence-corrected chi connectivity index (χ0v) is 15.2. The molecular formula is C19H16ClNO4S. The van der Waals surface area contributed by atoms with Crippen LogP contribution in [0.1, 0.15) is 22.5 Å². The molecule has 0 aliphatic carbocycles. The largest absolute Gasteiger partial charge is 0.447 e. The highest BCUT2D eigenvalue weighted by atomic mass is 35.5. The Bertz CT molecular complexity index is 857. The molecule has 1 saturated heterocycles. The van der Waals surface area contributed by atoms with Gasteiger partial charge in [-0.15, -0.1) is 11.8 Å². The van der Waals surface area contributed by atoms with Gasteiger partial charge in [-0.25, -0.2) is 9.69 Å². The fourth-order valence-corrected chi connectivity index (χ4v) is 4.95. The van der Waals surface area contributed by atoms with Crippen molar-refractivity contribution in [3.8, 4) is 0 Å². The van der Waals surface area contributed by atoms with Crippen LogP contribution in [0.2, 0.25) is 5.02 Å². The van der Waals surface area contributed by atoms with E-state index in [4.69, 9.17) is 16.3 Å². The molecule has 7 heteroatoms. The van der Waals surface area contributed by atoms with Gasteiger partial charge in [-0.1, -0.05) is 41.9 Å². The third-order valence-corrected chi connectivity index (χ3v) is 6.37. The maximum Gasteiger partial charge on any atom is 0.416 e. The van der Waals surface area contributed by atoms with Crippen molar-refractivity contribution in [2.24, 2.45) is 5.92 Å². The SMILES string of the molecule is O=C1OCCN1C(=O)[C@@H]1[C@@H](O)c2ccccc2S[C@H]1c1ccc(Cl)cc1. The van der Waals surface area contributed by atoms with Gasteiger partial charge in [0.05, 0.1) is 18.6 Å². The molecule has 0 bridgehead atoms. The Labute approximate surface area is 159 Å². The van der Waals surface area contributed by atoms with Gasteiger partial charge in [-0.3, -0.25) is 4.79 Å². The molecule has 0 radical (unpaired) electrons. The number of halogens is 1. The lowest BCUT2D eigenvalue weighted by molar-refractivity contribution is -0.136. The minimum absolute atomic E-state index is 0.183. The van der Waals surface area contributed by atoms with Crippen molar-refractivity contribution in [3.05, 3.63) is 64.7 Å². The number of rotatable bonds is 2. The molecule has 5 nitrogen and oxygen atoms in total. The van der Waals surface area contributed by atoms with Crippen LogP contribution in [-0.4, -0.2) is 35.2 Å². The molecule has 2 aromatic rings. The second-order valence-electron chi connectivity index (χ2n) is 6.20. The van der Waals surface area contributed by atoms with Crippen molar-refractivity contribution in [2.75, 3.05) is 13.2 Å². The molecule has 2 aliphatic rings. The number of thioether (sulfide) groups is 1. The molecule has 0 spiro atoms. The fraction of sp³-hybridized carbons (Fsp3) is 0.263. The zero-order valence-electron chi connectivity index (χ0n) is 13.7. The van der Waals surface area contributed by atoms with Gasteiger partial charge in [-0.05, 0) is 29.3 Å². The predicted octanol–water partition coefficient (Wildman–Crippen LogP) is 3.82. The number of amides is 2. The highest BCUT2D eigenvalue weighted by Crippen LogP contribution is 2.53. The Kier molecular flexibility index (Phi) is 4.65. The topological polar surface area (TPSA) is 66.8 Å². The van der Waals surface area contributed by atoms with Crippen molar-refractivity contribution in [1.82, 2.24) is 4.90 Å². The Hall–Kier alpha value is -2.02. The van der Waals surface area contributed by atoms with Gasteiger partial charge in [0.1, 0.15) is 6.61 Å². The van der Waals surface area contributed by atoms with Crippen LogP contribution in [-0.2, 0) is 9.53 Å². The first-order valence-corrected chi connectivity index (χ1v) is 9.49. The number of imide groups is 1. The third-order valence-electron chi connectivity index (χ3n) is 4.67. The third kappa shape index (κ3) is 2.98. The summed E-state index contributed by atoms with van der Waals surface area (Å²) in [7, 11) is 0. The molecule has 1 N–H and O–H groups in total. The van der Waals surface area contributed by atoms with E-state index in [0.717, 1.165) is 15.4 Å². The van der Waals surface area contributed by atoms with Crippen LogP contribution in [0, 0.1) is 5.92 Å². The van der Waals surface area contributed by atoms with E-state index in [1.165, 1.54) is 11.8 Å². The second-order valence-corrected chi connectivity index (χ2v) is 7.82. The first-order chi connectivity index (χ1) is 12.6. The van der Waals surface area contributed by atoms with Crippen LogP contribution in [0.5, 0.6) is 0 Å². The summed E-state index contributed by atoms with van der Waals surface area (Å²) in [4.78, 5) is 27.0. The van der Waals surface area contributed by atoms with Crippen molar-refractivity contribution in [1.29, 1.82) is 0 Å². The monoisotopic (exact) mass is 389 g/mol. The minimum atomic E-state index is -1.01. The van der Waals surface area contributed by atoms with E-state index in [0.29, 0.717) is 10.6 Å². The lowest BCUT2D eigenvalue weighted by atomic mass is 9.87. The average Bonchev–Trinajstić information content (AvgIpc) is 3.08. The average molecular weight is 390 g/mol. The second kappa shape index (κ2) is 6.95. The summed E-state index contributed by atoms with van der Waals surface area (Å²) in [5, 5.41) is 11.2. The summed E-state index contributed by atoms with van der Waals surface area (Å²) >= 11 is 7.50. The summed E-state index contributed by atoms with van der Waals surface area (Å²) in [6.45, 7) is 0.392. The number of fused-ring (bicyclic) bond motifs is 1. The summed E-state index contributed by atoms with van der Waals surface area (Å²) in [5.74, 6) is -1.20. The van der Waals surface area contributed by atoms with Crippen LogP contribution in [0.25, 0.3) is 0 Å². The molecule has 0 unspecified atom stereocenters. The van der Waals surface area contributed by atoms with Gasteiger partial charge in [0.15, 0.2) is 0 Å². The molecule has 2 aromatic carbocycles. The summed E-state index contributed by atoms with van der Waals surface area (Å²) in [5.41, 5.74) is 1.58. The molecule has 134 valence electrons. The van der Waals surface area contributed by atoms with E-state index in [-0.39, 0.29) is 18.4 Å². The van der Waals surface area contributed by atoms with Gasteiger partial charge in [0.25, 0.3) is 0 Å². The molecular weight excluding hydrogens is 374 g/mol. The molecule has 2 heterocycles.